The van der Waals surface area contributed by atoms with Crippen molar-refractivity contribution in [2.75, 3.05) is 5.32 Å². The first-order valence-corrected chi connectivity index (χ1v) is 8.72. The number of ether oxygens (including phenoxy) is 1. The van der Waals surface area contributed by atoms with Gasteiger partial charge in [0.15, 0.2) is 0 Å². The molecular weight excluding hydrogens is 354 g/mol. The van der Waals surface area contributed by atoms with E-state index in [1.807, 2.05) is 30.3 Å². The van der Waals surface area contributed by atoms with Crippen LogP contribution in [0.2, 0.25) is 0 Å². The number of H-pyrrole nitrogens is 1. The summed E-state index contributed by atoms with van der Waals surface area (Å²) in [6, 6.07) is 18.1. The van der Waals surface area contributed by atoms with Gasteiger partial charge >= 0.3 is 0 Å². The Morgan fingerprint density at radius 2 is 1.86 bits per heavy atom. The van der Waals surface area contributed by atoms with Crippen LogP contribution < -0.4 is 15.6 Å². The Labute approximate surface area is 160 Å². The van der Waals surface area contributed by atoms with Crippen molar-refractivity contribution in [3.63, 3.8) is 0 Å². The summed E-state index contributed by atoms with van der Waals surface area (Å²) in [6.07, 6.45) is 3.12. The molecule has 0 aliphatic carbocycles. The Bertz CT molecular complexity index is 1210. The topological polar surface area (TPSA) is 84.1 Å². The number of fused-ring (bicyclic) bond motifs is 1. The van der Waals surface area contributed by atoms with Crippen LogP contribution in [0.5, 0.6) is 11.5 Å². The lowest BCUT2D eigenvalue weighted by molar-refractivity contribution is 0.102. The number of amides is 1. The third-order valence-electron chi connectivity index (χ3n) is 4.32. The van der Waals surface area contributed by atoms with Gasteiger partial charge in [0.2, 0.25) is 5.56 Å². The number of carbonyl (C=O) groups is 1. The predicted octanol–water partition coefficient (Wildman–Crippen LogP) is 4.28. The molecule has 0 spiro atoms. The van der Waals surface area contributed by atoms with E-state index in [0.29, 0.717) is 28.3 Å². The van der Waals surface area contributed by atoms with Crippen LogP contribution in [0.1, 0.15) is 15.9 Å². The molecule has 138 valence electrons. The highest BCUT2D eigenvalue weighted by Crippen LogP contribution is 2.29. The Balaban J connectivity index is 1.51. The standard InChI is InChI=1S/C22H17N3O3/c1-14-12-21(26)24-13-18(14)22(27)25-15-6-8-16(9-7-15)28-20-10-11-23-19-5-3-2-4-17(19)20/h2-13H,1H3,(H,24,26)(H,25,27). The zero-order chi connectivity index (χ0) is 19.5. The summed E-state index contributed by atoms with van der Waals surface area (Å²) in [7, 11) is 0. The zero-order valence-corrected chi connectivity index (χ0v) is 15.1. The Hall–Kier alpha value is -3.93. The monoisotopic (exact) mass is 371 g/mol. The average Bonchev–Trinajstić information content (AvgIpc) is 2.69. The molecule has 0 radical (unpaired) electrons. The molecule has 2 aromatic carbocycles. The largest absolute Gasteiger partial charge is 0.457 e. The molecule has 28 heavy (non-hydrogen) atoms. The third kappa shape index (κ3) is 3.61. The van der Waals surface area contributed by atoms with Crippen molar-refractivity contribution in [3.05, 3.63) is 94.5 Å². The van der Waals surface area contributed by atoms with Gasteiger partial charge in [0.1, 0.15) is 11.5 Å². The minimum atomic E-state index is -0.289. The van der Waals surface area contributed by atoms with Crippen molar-refractivity contribution in [2.45, 2.75) is 6.92 Å². The number of anilines is 1. The summed E-state index contributed by atoms with van der Waals surface area (Å²) in [5.41, 5.74) is 2.29. The summed E-state index contributed by atoms with van der Waals surface area (Å²) < 4.78 is 5.98. The lowest BCUT2D eigenvalue weighted by Crippen LogP contribution is -2.16. The normalized spacial score (nSPS) is 10.6. The Morgan fingerprint density at radius 3 is 2.64 bits per heavy atom. The second-order valence-corrected chi connectivity index (χ2v) is 6.30. The second kappa shape index (κ2) is 7.36. The Morgan fingerprint density at radius 1 is 1.07 bits per heavy atom. The van der Waals surface area contributed by atoms with Gasteiger partial charge in [-0.3, -0.25) is 14.6 Å². The van der Waals surface area contributed by atoms with Crippen molar-refractivity contribution in [1.82, 2.24) is 9.97 Å². The predicted molar refractivity (Wildman–Crippen MR) is 108 cm³/mol. The number of nitrogens with one attached hydrogen (secondary N) is 2. The number of aromatic nitrogens is 2. The van der Waals surface area contributed by atoms with Gasteiger partial charge in [0.25, 0.3) is 5.91 Å². The van der Waals surface area contributed by atoms with Gasteiger partial charge in [-0.15, -0.1) is 0 Å². The highest BCUT2D eigenvalue weighted by Gasteiger charge is 2.10. The van der Waals surface area contributed by atoms with Crippen molar-refractivity contribution >= 4 is 22.5 Å². The van der Waals surface area contributed by atoms with Crippen molar-refractivity contribution < 1.29 is 9.53 Å². The summed E-state index contributed by atoms with van der Waals surface area (Å²) >= 11 is 0. The summed E-state index contributed by atoms with van der Waals surface area (Å²) in [4.78, 5) is 30.5. The first-order valence-electron chi connectivity index (χ1n) is 8.72. The first kappa shape index (κ1) is 17.5. The molecule has 0 fully saturated rings. The summed E-state index contributed by atoms with van der Waals surface area (Å²) in [6.45, 7) is 1.72. The van der Waals surface area contributed by atoms with Crippen LogP contribution in [0.25, 0.3) is 10.9 Å². The van der Waals surface area contributed by atoms with E-state index in [2.05, 4.69) is 15.3 Å². The molecular formula is C22H17N3O3. The fourth-order valence-corrected chi connectivity index (χ4v) is 2.91. The maximum Gasteiger partial charge on any atom is 0.257 e. The van der Waals surface area contributed by atoms with Gasteiger partial charge in [0, 0.05) is 29.5 Å². The van der Waals surface area contributed by atoms with E-state index >= 15 is 0 Å². The van der Waals surface area contributed by atoms with E-state index in [4.69, 9.17) is 4.74 Å². The molecule has 2 aromatic heterocycles. The molecule has 4 aromatic rings. The van der Waals surface area contributed by atoms with Crippen LogP contribution >= 0.6 is 0 Å². The molecule has 6 nitrogen and oxygen atoms in total. The van der Waals surface area contributed by atoms with E-state index in [1.165, 1.54) is 12.3 Å². The van der Waals surface area contributed by atoms with Gasteiger partial charge < -0.3 is 15.0 Å². The van der Waals surface area contributed by atoms with Crippen LogP contribution in [0.15, 0.2) is 77.9 Å². The van der Waals surface area contributed by atoms with Gasteiger partial charge in [-0.2, -0.15) is 0 Å². The molecule has 0 bridgehead atoms. The smallest absolute Gasteiger partial charge is 0.257 e. The van der Waals surface area contributed by atoms with Crippen LogP contribution in [0, 0.1) is 6.92 Å². The zero-order valence-electron chi connectivity index (χ0n) is 15.1. The molecule has 6 heteroatoms. The molecule has 2 heterocycles. The fourth-order valence-electron chi connectivity index (χ4n) is 2.91. The van der Waals surface area contributed by atoms with Crippen LogP contribution in [0.4, 0.5) is 5.69 Å². The highest BCUT2D eigenvalue weighted by atomic mass is 16.5. The molecule has 4 rings (SSSR count). The van der Waals surface area contributed by atoms with Crippen LogP contribution in [-0.2, 0) is 0 Å². The lowest BCUT2D eigenvalue weighted by atomic mass is 10.1. The van der Waals surface area contributed by atoms with Crippen LogP contribution in [-0.4, -0.2) is 15.9 Å². The van der Waals surface area contributed by atoms with E-state index in [-0.39, 0.29) is 11.5 Å². The molecule has 1 amide bonds. The van der Waals surface area contributed by atoms with Crippen molar-refractivity contribution in [1.29, 1.82) is 0 Å². The summed E-state index contributed by atoms with van der Waals surface area (Å²) in [5.74, 6) is 1.07. The molecule has 0 aliphatic heterocycles. The molecule has 0 saturated carbocycles. The highest BCUT2D eigenvalue weighted by molar-refractivity contribution is 6.05. The molecule has 0 saturated heterocycles. The van der Waals surface area contributed by atoms with E-state index in [1.54, 1.807) is 37.4 Å². The Kier molecular flexibility index (Phi) is 4.60. The average molecular weight is 371 g/mol. The SMILES string of the molecule is Cc1cc(=O)[nH]cc1C(=O)Nc1ccc(Oc2ccnc3ccccc23)cc1. The minimum Gasteiger partial charge on any atom is -0.457 e. The van der Waals surface area contributed by atoms with Gasteiger partial charge in [-0.05, 0) is 55.0 Å². The van der Waals surface area contributed by atoms with Crippen molar-refractivity contribution in [2.24, 2.45) is 0 Å². The van der Waals surface area contributed by atoms with Crippen molar-refractivity contribution in [3.8, 4) is 11.5 Å². The van der Waals surface area contributed by atoms with E-state index in [9.17, 15) is 9.59 Å². The number of pyridine rings is 2. The van der Waals surface area contributed by atoms with Gasteiger partial charge in [0.05, 0.1) is 11.1 Å². The number of aryl methyl sites for hydroxylation is 1. The quantitative estimate of drug-likeness (QED) is 0.561. The van der Waals surface area contributed by atoms with E-state index < -0.39 is 0 Å². The number of rotatable bonds is 4. The number of benzene rings is 2. The number of carbonyl (C=O) groups excluding carboxylic acids is 1. The first-order chi connectivity index (χ1) is 13.6. The maximum atomic E-state index is 12.4. The van der Waals surface area contributed by atoms with Crippen LogP contribution in [0.3, 0.4) is 0 Å². The van der Waals surface area contributed by atoms with Gasteiger partial charge in [-0.1, -0.05) is 12.1 Å². The molecule has 0 aliphatic rings. The van der Waals surface area contributed by atoms with E-state index in [0.717, 1.165) is 10.9 Å². The van der Waals surface area contributed by atoms with Gasteiger partial charge in [-0.25, -0.2) is 0 Å². The fraction of sp³-hybridized carbons (Fsp3) is 0.0455. The molecule has 0 unspecified atom stereocenters. The number of hydrogen-bond donors (Lipinski definition) is 2. The minimum absolute atomic E-state index is 0.237. The lowest BCUT2D eigenvalue weighted by Gasteiger charge is -2.10. The number of aromatic amines is 1. The molecule has 0 atom stereocenters. The second-order valence-electron chi connectivity index (χ2n) is 6.30. The summed E-state index contributed by atoms with van der Waals surface area (Å²) in [5, 5.41) is 3.74. The number of hydrogen-bond acceptors (Lipinski definition) is 4. The molecule has 2 N–H and O–H groups in total. The third-order valence-corrected chi connectivity index (χ3v) is 4.32. The maximum absolute atomic E-state index is 12.4. The number of para-hydroxylation sites is 1. The number of nitrogens with zero attached hydrogens (tertiary/aromatic N) is 1.